The Morgan fingerprint density at radius 2 is 1.38 bits per heavy atom. The first-order chi connectivity index (χ1) is 13.8. The molecule has 0 spiro atoms. The molecule has 0 aliphatic heterocycles. The van der Waals surface area contributed by atoms with Gasteiger partial charge in [0.1, 0.15) is 0 Å². The fourth-order valence-electron chi connectivity index (χ4n) is 2.99. The van der Waals surface area contributed by atoms with E-state index in [1.54, 1.807) is 13.8 Å². The van der Waals surface area contributed by atoms with Gasteiger partial charge in [-0.25, -0.2) is 0 Å². The fourth-order valence-corrected chi connectivity index (χ4v) is 4.56. The molecular weight excluding hydrogens is 396 g/mol. The van der Waals surface area contributed by atoms with Gasteiger partial charge in [0, 0.05) is 9.79 Å². The second kappa shape index (κ2) is 8.85. The summed E-state index contributed by atoms with van der Waals surface area (Å²) in [7, 11) is 0. The predicted octanol–water partition coefficient (Wildman–Crippen LogP) is 7.20. The van der Waals surface area contributed by atoms with E-state index < -0.39 is 0 Å². The number of fused-ring (bicyclic) bond motifs is 1. The summed E-state index contributed by atoms with van der Waals surface area (Å²) in [6.07, 6.45) is 0. The quantitative estimate of drug-likeness (QED) is 0.324. The largest absolute Gasteiger partial charge is 0.282 e. The Labute approximate surface area is 180 Å². The first-order valence-electron chi connectivity index (χ1n) is 9.16. The number of hydrogen-bond acceptors (Lipinski definition) is 4. The minimum atomic E-state index is -0.0253. The first kappa shape index (κ1) is 21.2. The van der Waals surface area contributed by atoms with Crippen molar-refractivity contribution in [3.8, 4) is 11.1 Å². The number of carbonyl (C=O) groups excluding carboxylic acids is 2. The van der Waals surface area contributed by atoms with Gasteiger partial charge in [0.25, 0.3) is 0 Å². The number of rotatable bonds is 5. The molecule has 3 aromatic rings. The van der Waals surface area contributed by atoms with Crippen molar-refractivity contribution in [3.05, 3.63) is 84.5 Å². The van der Waals surface area contributed by atoms with Crippen LogP contribution < -0.4 is 0 Å². The highest BCUT2D eigenvalue weighted by molar-refractivity contribution is 8.14. The van der Waals surface area contributed by atoms with Crippen LogP contribution in [0.25, 0.3) is 21.9 Å². The zero-order chi connectivity index (χ0) is 21.1. The lowest BCUT2D eigenvalue weighted by Crippen LogP contribution is -1.93. The Balaban J connectivity index is 2.04. The molecule has 146 valence electrons. The van der Waals surface area contributed by atoms with Crippen molar-refractivity contribution in [1.29, 1.82) is 0 Å². The van der Waals surface area contributed by atoms with Gasteiger partial charge in [-0.1, -0.05) is 49.6 Å². The summed E-state index contributed by atoms with van der Waals surface area (Å²) in [6, 6.07) is 18.2. The zero-order valence-corrected chi connectivity index (χ0v) is 18.4. The van der Waals surface area contributed by atoms with Crippen molar-refractivity contribution in [1.82, 2.24) is 0 Å². The molecular formula is C25H22O2S2. The summed E-state index contributed by atoms with van der Waals surface area (Å²) in [5, 5.41) is 2.09. The van der Waals surface area contributed by atoms with E-state index >= 15 is 0 Å². The van der Waals surface area contributed by atoms with Gasteiger partial charge in [0.2, 0.25) is 10.2 Å². The maximum Gasteiger partial charge on any atom is 0.219 e. The van der Waals surface area contributed by atoms with Crippen LogP contribution in [0.4, 0.5) is 0 Å². The lowest BCUT2D eigenvalue weighted by Gasteiger charge is -2.13. The summed E-state index contributed by atoms with van der Waals surface area (Å²) in [6.45, 7) is 13.0. The Morgan fingerprint density at radius 3 is 2.03 bits per heavy atom. The number of aryl methyl sites for hydroxylation is 1. The molecule has 0 saturated heterocycles. The normalized spacial score (nSPS) is 10.7. The van der Waals surface area contributed by atoms with E-state index in [1.165, 1.54) is 23.5 Å². The predicted molar refractivity (Wildman–Crippen MR) is 125 cm³/mol. The molecule has 2 nitrogen and oxygen atoms in total. The van der Waals surface area contributed by atoms with Gasteiger partial charge in [-0.2, -0.15) is 0 Å². The molecule has 0 fully saturated rings. The van der Waals surface area contributed by atoms with Crippen molar-refractivity contribution >= 4 is 44.5 Å². The number of hydrogen-bond donors (Lipinski definition) is 0. The first-order valence-corrected chi connectivity index (χ1v) is 10.8. The smallest absolute Gasteiger partial charge is 0.219 e. The van der Waals surface area contributed by atoms with Crippen molar-refractivity contribution in [2.75, 3.05) is 0 Å². The third kappa shape index (κ3) is 4.72. The van der Waals surface area contributed by atoms with Crippen LogP contribution in [-0.4, -0.2) is 10.2 Å². The van der Waals surface area contributed by atoms with Crippen molar-refractivity contribution in [3.63, 3.8) is 0 Å². The average Bonchev–Trinajstić information content (AvgIpc) is 2.68. The van der Waals surface area contributed by atoms with Gasteiger partial charge >= 0.3 is 0 Å². The van der Waals surface area contributed by atoms with Crippen LogP contribution in [0.2, 0.25) is 0 Å². The lowest BCUT2D eigenvalue weighted by atomic mass is 9.95. The molecule has 0 aliphatic rings. The van der Waals surface area contributed by atoms with E-state index in [9.17, 15) is 9.59 Å². The SMILES string of the molecule is C=C(C)C(=O)Sc1ccc(-c2cccc3c(SC(=O)C(=C)C)cccc23)c(C)c1. The molecule has 0 unspecified atom stereocenters. The second-order valence-corrected chi connectivity index (χ2v) is 9.03. The molecule has 0 bridgehead atoms. The Hall–Kier alpha value is -2.56. The highest BCUT2D eigenvalue weighted by Gasteiger charge is 2.13. The van der Waals surface area contributed by atoms with E-state index in [0.717, 1.165) is 37.3 Å². The van der Waals surface area contributed by atoms with Gasteiger partial charge in [0.05, 0.1) is 0 Å². The molecule has 0 amide bonds. The molecule has 3 aromatic carbocycles. The molecule has 0 aliphatic carbocycles. The van der Waals surface area contributed by atoms with Gasteiger partial charge < -0.3 is 0 Å². The minimum Gasteiger partial charge on any atom is -0.282 e. The summed E-state index contributed by atoms with van der Waals surface area (Å²) in [5.41, 5.74) is 4.38. The van der Waals surface area contributed by atoms with E-state index in [0.29, 0.717) is 11.1 Å². The average molecular weight is 419 g/mol. The van der Waals surface area contributed by atoms with Crippen molar-refractivity contribution in [2.24, 2.45) is 0 Å². The van der Waals surface area contributed by atoms with Gasteiger partial charge in [-0.15, -0.1) is 0 Å². The van der Waals surface area contributed by atoms with E-state index in [4.69, 9.17) is 0 Å². The molecule has 0 heterocycles. The molecule has 0 saturated carbocycles. The van der Waals surface area contributed by atoms with Crippen LogP contribution in [0.5, 0.6) is 0 Å². The fraction of sp³-hybridized carbons (Fsp3) is 0.120. The van der Waals surface area contributed by atoms with Crippen molar-refractivity contribution in [2.45, 2.75) is 30.6 Å². The summed E-state index contributed by atoms with van der Waals surface area (Å²) >= 11 is 2.41. The molecule has 29 heavy (non-hydrogen) atoms. The Kier molecular flexibility index (Phi) is 6.46. The van der Waals surface area contributed by atoms with Crippen LogP contribution in [0.15, 0.2) is 88.7 Å². The van der Waals surface area contributed by atoms with Crippen LogP contribution in [0.3, 0.4) is 0 Å². The van der Waals surface area contributed by atoms with Crippen LogP contribution in [0, 0.1) is 6.92 Å². The number of carbonyl (C=O) groups is 2. The number of benzene rings is 3. The zero-order valence-electron chi connectivity index (χ0n) is 16.7. The van der Waals surface area contributed by atoms with Crippen LogP contribution in [0.1, 0.15) is 19.4 Å². The molecule has 0 aromatic heterocycles. The molecule has 4 heteroatoms. The topological polar surface area (TPSA) is 34.1 Å². The Bertz CT molecular complexity index is 1160. The summed E-state index contributed by atoms with van der Waals surface area (Å²) in [4.78, 5) is 26.0. The van der Waals surface area contributed by atoms with E-state index in [2.05, 4.69) is 31.4 Å². The monoisotopic (exact) mass is 418 g/mol. The number of thioether (sulfide) groups is 2. The maximum atomic E-state index is 12.2. The van der Waals surface area contributed by atoms with E-state index in [-0.39, 0.29) is 10.2 Å². The van der Waals surface area contributed by atoms with Gasteiger partial charge in [0.15, 0.2) is 0 Å². The molecule has 0 N–H and O–H groups in total. The highest BCUT2D eigenvalue weighted by atomic mass is 32.2. The Morgan fingerprint density at radius 1 is 0.759 bits per heavy atom. The minimum absolute atomic E-state index is 0.0221. The standard InChI is InChI=1S/C25H22O2S2/c1-15(2)24(26)28-18-12-13-19(17(5)14-18)20-8-6-10-22-21(20)9-7-11-23(22)29-25(27)16(3)4/h6-14H,1,3H2,2,4-5H3. The third-order valence-corrected chi connectivity index (χ3v) is 6.61. The summed E-state index contributed by atoms with van der Waals surface area (Å²) in [5.74, 6) is 0. The highest BCUT2D eigenvalue weighted by Crippen LogP contribution is 2.37. The second-order valence-electron chi connectivity index (χ2n) is 6.97. The molecule has 3 rings (SSSR count). The third-order valence-electron chi connectivity index (χ3n) is 4.48. The lowest BCUT2D eigenvalue weighted by molar-refractivity contribution is -0.108. The van der Waals surface area contributed by atoms with Crippen molar-refractivity contribution < 1.29 is 9.59 Å². The van der Waals surface area contributed by atoms with Gasteiger partial charge in [-0.3, -0.25) is 9.59 Å². The maximum absolute atomic E-state index is 12.2. The van der Waals surface area contributed by atoms with Crippen LogP contribution >= 0.6 is 23.5 Å². The molecule has 0 atom stereocenters. The van der Waals surface area contributed by atoms with E-state index in [1.807, 2.05) is 43.3 Å². The molecule has 0 radical (unpaired) electrons. The van der Waals surface area contributed by atoms with Gasteiger partial charge in [-0.05, 0) is 101 Å². The summed E-state index contributed by atoms with van der Waals surface area (Å²) < 4.78 is 0. The van der Waals surface area contributed by atoms with Crippen LogP contribution in [-0.2, 0) is 9.59 Å².